The highest BCUT2D eigenvalue weighted by Crippen LogP contribution is 2.13. The van der Waals surface area contributed by atoms with Crippen molar-refractivity contribution in [2.24, 2.45) is 0 Å². The number of hydrogen-bond donors (Lipinski definition) is 3. The van der Waals surface area contributed by atoms with Gasteiger partial charge in [0.2, 0.25) is 5.95 Å². The molecule has 0 radical (unpaired) electrons. The molecule has 2 aromatic heterocycles. The summed E-state index contributed by atoms with van der Waals surface area (Å²) >= 11 is 0. The number of anilines is 2. The fraction of sp³-hybridized carbons (Fsp3) is 0.190. The first-order chi connectivity index (χ1) is 14.2. The monoisotopic (exact) mass is 390 g/mol. The first-order valence-corrected chi connectivity index (χ1v) is 9.44. The van der Waals surface area contributed by atoms with E-state index in [1.165, 1.54) is 10.6 Å². The number of rotatable bonds is 8. The molecule has 148 valence electrons. The number of hydrogen-bond acceptors (Lipinski definition) is 6. The second-order valence-electron chi connectivity index (χ2n) is 6.44. The molecule has 4 aromatic rings. The molecule has 0 fully saturated rings. The third-order valence-electron chi connectivity index (χ3n) is 4.33. The Bertz CT molecular complexity index is 1140. The molecule has 0 aliphatic heterocycles. The second kappa shape index (κ2) is 8.47. The van der Waals surface area contributed by atoms with Crippen molar-refractivity contribution in [3.05, 3.63) is 82.3 Å². The number of ether oxygens (including phenoxy) is 1. The highest BCUT2D eigenvalue weighted by atomic mass is 16.5. The fourth-order valence-corrected chi connectivity index (χ4v) is 2.90. The molecule has 0 aliphatic carbocycles. The number of benzene rings is 2. The molecule has 8 nitrogen and oxygen atoms in total. The van der Waals surface area contributed by atoms with E-state index < -0.39 is 0 Å². The topological polar surface area (TPSA) is 96.3 Å². The fourth-order valence-electron chi connectivity index (χ4n) is 2.90. The molecule has 0 aliphatic rings. The molecular weight excluding hydrogens is 368 g/mol. The molecule has 3 N–H and O–H groups in total. The zero-order valence-electron chi connectivity index (χ0n) is 16.1. The normalized spacial score (nSPS) is 10.8. The molecule has 2 aromatic carbocycles. The highest BCUT2D eigenvalue weighted by molar-refractivity contribution is 5.43. The molecule has 8 heteroatoms. The van der Waals surface area contributed by atoms with E-state index in [-0.39, 0.29) is 5.56 Å². The summed E-state index contributed by atoms with van der Waals surface area (Å²) < 4.78 is 6.77. The van der Waals surface area contributed by atoms with Crippen molar-refractivity contribution in [2.45, 2.75) is 20.0 Å². The molecule has 0 spiro atoms. The molecule has 4 rings (SSSR count). The second-order valence-corrected chi connectivity index (χ2v) is 6.44. The van der Waals surface area contributed by atoms with Gasteiger partial charge in [0.1, 0.15) is 5.75 Å². The highest BCUT2D eigenvalue weighted by Gasteiger charge is 2.08. The lowest BCUT2D eigenvalue weighted by Gasteiger charge is -2.05. The zero-order valence-corrected chi connectivity index (χ0v) is 16.1. The molecular formula is C21H22N6O2. The minimum absolute atomic E-state index is 0.207. The average molecular weight is 390 g/mol. The van der Waals surface area contributed by atoms with Crippen molar-refractivity contribution in [2.75, 3.05) is 17.2 Å². The van der Waals surface area contributed by atoms with Crippen LogP contribution in [0.3, 0.4) is 0 Å². The van der Waals surface area contributed by atoms with Crippen LogP contribution in [0.15, 0.2) is 65.5 Å². The van der Waals surface area contributed by atoms with Gasteiger partial charge in [0, 0.05) is 18.3 Å². The van der Waals surface area contributed by atoms with Gasteiger partial charge >= 0.3 is 0 Å². The summed E-state index contributed by atoms with van der Waals surface area (Å²) in [5.74, 6) is 1.65. The zero-order chi connectivity index (χ0) is 20.1. The molecule has 0 atom stereocenters. The van der Waals surface area contributed by atoms with Gasteiger partial charge in [-0.1, -0.05) is 30.3 Å². The van der Waals surface area contributed by atoms with Crippen LogP contribution in [0.1, 0.15) is 18.2 Å². The average Bonchev–Trinajstić information content (AvgIpc) is 3.16. The first kappa shape index (κ1) is 18.5. The summed E-state index contributed by atoms with van der Waals surface area (Å²) in [5, 5.41) is 9.37. The van der Waals surface area contributed by atoms with Crippen molar-refractivity contribution in [1.29, 1.82) is 0 Å². The van der Waals surface area contributed by atoms with E-state index in [0.29, 0.717) is 37.1 Å². The summed E-state index contributed by atoms with van der Waals surface area (Å²) in [6.07, 6.45) is 0. The molecule has 29 heavy (non-hydrogen) atoms. The van der Waals surface area contributed by atoms with Crippen LogP contribution < -0.4 is 20.9 Å². The van der Waals surface area contributed by atoms with Crippen LogP contribution in [0.2, 0.25) is 0 Å². The molecule has 2 heterocycles. The van der Waals surface area contributed by atoms with Crippen molar-refractivity contribution in [1.82, 2.24) is 19.6 Å². The molecule has 0 saturated carbocycles. The van der Waals surface area contributed by atoms with Crippen LogP contribution in [0, 0.1) is 0 Å². The first-order valence-electron chi connectivity index (χ1n) is 9.44. The SMILES string of the molecule is CCOc1ccc(CNc2nc3nc(CNc4ccccc4)cc(=O)n3[nH]2)cc1. The third kappa shape index (κ3) is 4.55. The van der Waals surface area contributed by atoms with Gasteiger partial charge in [0.25, 0.3) is 11.3 Å². The molecule has 0 unspecified atom stereocenters. The van der Waals surface area contributed by atoms with Crippen LogP contribution >= 0.6 is 0 Å². The Balaban J connectivity index is 1.44. The van der Waals surface area contributed by atoms with E-state index in [4.69, 9.17) is 4.74 Å². The van der Waals surface area contributed by atoms with E-state index in [1.807, 2.05) is 61.5 Å². The van der Waals surface area contributed by atoms with Crippen LogP contribution in [0.4, 0.5) is 11.6 Å². The summed E-state index contributed by atoms with van der Waals surface area (Å²) in [5.41, 5.74) is 2.46. The Labute approximate surface area is 167 Å². The predicted molar refractivity (Wildman–Crippen MR) is 112 cm³/mol. The molecule has 0 bridgehead atoms. The Morgan fingerprint density at radius 3 is 2.55 bits per heavy atom. The van der Waals surface area contributed by atoms with Crippen molar-refractivity contribution in [3.63, 3.8) is 0 Å². The number of aromatic nitrogens is 4. The Morgan fingerprint density at radius 1 is 1.00 bits per heavy atom. The summed E-state index contributed by atoms with van der Waals surface area (Å²) in [6.45, 7) is 3.60. The number of fused-ring (bicyclic) bond motifs is 1. The van der Waals surface area contributed by atoms with Gasteiger partial charge in [-0.2, -0.15) is 9.50 Å². The minimum Gasteiger partial charge on any atom is -0.494 e. The van der Waals surface area contributed by atoms with Gasteiger partial charge in [-0.25, -0.2) is 4.98 Å². The summed E-state index contributed by atoms with van der Waals surface area (Å²) in [4.78, 5) is 21.2. The van der Waals surface area contributed by atoms with Crippen LogP contribution in [0.25, 0.3) is 5.78 Å². The standard InChI is InChI=1S/C21H22N6O2/c1-2-29-18-10-8-15(9-11-18)13-23-20-25-21-24-17(12-19(28)27(21)26-20)14-22-16-6-4-3-5-7-16/h3-12,22H,2,13-14H2,1H3,(H2,23,24,25,26). The van der Waals surface area contributed by atoms with Gasteiger partial charge in [-0.3, -0.25) is 9.89 Å². The quantitative estimate of drug-likeness (QED) is 0.428. The summed E-state index contributed by atoms with van der Waals surface area (Å²) in [6, 6.07) is 19.1. The van der Waals surface area contributed by atoms with Crippen molar-refractivity contribution in [3.8, 4) is 5.75 Å². The van der Waals surface area contributed by atoms with E-state index in [1.54, 1.807) is 0 Å². The largest absolute Gasteiger partial charge is 0.494 e. The number of nitrogens with zero attached hydrogens (tertiary/aromatic N) is 3. The third-order valence-corrected chi connectivity index (χ3v) is 4.33. The van der Waals surface area contributed by atoms with E-state index >= 15 is 0 Å². The predicted octanol–water partition coefficient (Wildman–Crippen LogP) is 3.04. The molecule has 0 amide bonds. The number of H-pyrrole nitrogens is 1. The molecule has 0 saturated heterocycles. The maximum Gasteiger partial charge on any atom is 0.274 e. The minimum atomic E-state index is -0.207. The number of nitrogens with one attached hydrogen (secondary N) is 3. The summed E-state index contributed by atoms with van der Waals surface area (Å²) in [7, 11) is 0. The van der Waals surface area contributed by atoms with Crippen molar-refractivity contribution < 1.29 is 4.74 Å². The van der Waals surface area contributed by atoms with Crippen LogP contribution in [-0.2, 0) is 13.1 Å². The van der Waals surface area contributed by atoms with Crippen LogP contribution in [0.5, 0.6) is 5.75 Å². The van der Waals surface area contributed by atoms with Gasteiger partial charge < -0.3 is 15.4 Å². The Hall–Kier alpha value is -3.81. The van der Waals surface area contributed by atoms with Gasteiger partial charge in [0.15, 0.2) is 0 Å². The lowest BCUT2D eigenvalue weighted by molar-refractivity contribution is 0.340. The van der Waals surface area contributed by atoms with Gasteiger partial charge in [-0.15, -0.1) is 0 Å². The van der Waals surface area contributed by atoms with Crippen molar-refractivity contribution >= 4 is 17.4 Å². The number of aromatic amines is 1. The smallest absolute Gasteiger partial charge is 0.274 e. The van der Waals surface area contributed by atoms with E-state index in [2.05, 4.69) is 25.7 Å². The maximum absolute atomic E-state index is 12.4. The van der Waals surface area contributed by atoms with Crippen LogP contribution in [-0.4, -0.2) is 26.2 Å². The number of para-hydroxylation sites is 1. The Morgan fingerprint density at radius 2 is 1.79 bits per heavy atom. The van der Waals surface area contributed by atoms with Gasteiger partial charge in [0.05, 0.1) is 18.8 Å². The Kier molecular flexibility index (Phi) is 5.42. The lowest BCUT2D eigenvalue weighted by Crippen LogP contribution is -2.17. The maximum atomic E-state index is 12.4. The van der Waals surface area contributed by atoms with Gasteiger partial charge in [-0.05, 0) is 36.8 Å². The van der Waals surface area contributed by atoms with E-state index in [0.717, 1.165) is 17.0 Å². The van der Waals surface area contributed by atoms with E-state index in [9.17, 15) is 4.79 Å². The lowest BCUT2D eigenvalue weighted by atomic mass is 10.2.